The molecule has 0 heterocycles. The molecule has 0 atom stereocenters. The van der Waals surface area contributed by atoms with Crippen molar-refractivity contribution >= 4 is 5.97 Å². The molecule has 0 amide bonds. The van der Waals surface area contributed by atoms with Crippen LogP contribution in [0.4, 0.5) is 114 Å². The van der Waals surface area contributed by atoms with E-state index in [1.54, 1.807) is 13.8 Å². The number of esters is 1. The molecule has 0 aromatic rings. The van der Waals surface area contributed by atoms with E-state index in [1.807, 2.05) is 0 Å². The third-order valence-corrected chi connectivity index (χ3v) is 4.88. The highest BCUT2D eigenvalue weighted by atomic mass is 19.4. The first-order valence-corrected chi connectivity index (χ1v) is 10.2. The van der Waals surface area contributed by atoms with Crippen molar-refractivity contribution in [2.75, 3.05) is 6.61 Å². The summed E-state index contributed by atoms with van der Waals surface area (Å²) in [5.74, 6) is -93.1. The first kappa shape index (κ1) is 45.5. The van der Waals surface area contributed by atoms with Gasteiger partial charge in [-0.15, -0.1) is 0 Å². The fraction of sp³-hybridized carbons (Fsp3) is 0.833. The summed E-state index contributed by atoms with van der Waals surface area (Å²) in [6.07, 6.45) is -16.4. The van der Waals surface area contributed by atoms with Crippen molar-refractivity contribution in [1.29, 1.82) is 0 Å². The number of carbonyl (C=O) groups excluding carboxylic acids is 1. The average Bonchev–Trinajstić information content (AvgIpc) is 2.81. The van der Waals surface area contributed by atoms with Crippen LogP contribution in [0.25, 0.3) is 0 Å². The fourth-order valence-corrected chi connectivity index (χ4v) is 2.19. The molecule has 0 aliphatic carbocycles. The smallest absolute Gasteiger partial charge is 0.460 e. The molecule has 2 nitrogen and oxygen atoms in total. The third-order valence-electron chi connectivity index (χ3n) is 4.88. The number of hydrogen-bond donors (Lipinski definition) is 0. The van der Waals surface area contributed by atoms with E-state index in [4.69, 9.17) is 0 Å². The lowest BCUT2D eigenvalue weighted by molar-refractivity contribution is -0.484. The maximum atomic E-state index is 13.3. The first-order chi connectivity index (χ1) is 19.4. The first-order valence-electron chi connectivity index (χ1n) is 10.2. The monoisotopic (exact) mass is 752 g/mol. The zero-order valence-corrected chi connectivity index (χ0v) is 21.1. The van der Waals surface area contributed by atoms with Crippen molar-refractivity contribution in [2.45, 2.75) is 85.4 Å². The molecule has 0 saturated carbocycles. The van der Waals surface area contributed by atoms with Gasteiger partial charge in [-0.1, -0.05) is 6.58 Å². The number of alkyl halides is 26. The Hall–Kier alpha value is -2.61. The molecular formula is C18H10F26O2. The van der Waals surface area contributed by atoms with Crippen LogP contribution in [0.1, 0.15) is 13.8 Å². The highest BCUT2D eigenvalue weighted by Crippen LogP contribution is 2.67. The number of ether oxygens (including phenoxy) is 1. The molecule has 0 aromatic heterocycles. The van der Waals surface area contributed by atoms with E-state index in [1.165, 1.54) is 0 Å². The number of halogens is 26. The van der Waals surface area contributed by atoms with Gasteiger partial charge in [0.1, 0.15) is 0 Å². The molecule has 0 N–H and O–H groups in total. The molecule has 28 heteroatoms. The van der Waals surface area contributed by atoms with Crippen LogP contribution >= 0.6 is 0 Å². The lowest BCUT2D eigenvalue weighted by Gasteiger charge is -2.45. The van der Waals surface area contributed by atoms with Crippen molar-refractivity contribution in [2.24, 2.45) is 0 Å². The van der Waals surface area contributed by atoms with Crippen molar-refractivity contribution in [3.63, 3.8) is 0 Å². The molecular weight excluding hydrogens is 742 g/mol. The molecule has 0 aromatic carbocycles. The van der Waals surface area contributed by atoms with Gasteiger partial charge in [-0.05, 0) is 13.8 Å². The maximum Gasteiger partial charge on any atom is 0.460 e. The van der Waals surface area contributed by atoms with Crippen LogP contribution in [0.3, 0.4) is 0 Å². The molecule has 46 heavy (non-hydrogen) atoms. The summed E-state index contributed by atoms with van der Waals surface area (Å²) in [5, 5.41) is 0. The molecule has 0 saturated heterocycles. The normalized spacial score (nSPS) is 15.7. The summed E-state index contributed by atoms with van der Waals surface area (Å²) in [5.41, 5.74) is 0.451. The van der Waals surface area contributed by atoms with Gasteiger partial charge in [-0.25, -0.2) is 4.79 Å². The van der Waals surface area contributed by atoms with Crippen LogP contribution in [0, 0.1) is 0 Å². The second-order valence-electron chi connectivity index (χ2n) is 8.24. The average molecular weight is 752 g/mol. The summed E-state index contributed by atoms with van der Waals surface area (Å²) in [6.45, 7) is 7.21. The minimum Gasteiger partial charge on any atom is -0.463 e. The van der Waals surface area contributed by atoms with Crippen LogP contribution in [0.5, 0.6) is 0 Å². The molecule has 0 fully saturated rings. The van der Waals surface area contributed by atoms with E-state index in [2.05, 4.69) is 11.3 Å². The van der Waals surface area contributed by atoms with Gasteiger partial charge in [0, 0.05) is 5.57 Å². The Morgan fingerprint density at radius 1 is 0.413 bits per heavy atom. The summed E-state index contributed by atoms with van der Waals surface area (Å²) in [7, 11) is 0. The number of hydrogen-bond acceptors (Lipinski definition) is 2. The Morgan fingerprint density at radius 3 is 0.652 bits per heavy atom. The van der Waals surface area contributed by atoms with Crippen molar-refractivity contribution in [1.82, 2.24) is 0 Å². The van der Waals surface area contributed by atoms with Gasteiger partial charge < -0.3 is 4.74 Å². The summed E-state index contributed by atoms with van der Waals surface area (Å²) in [6, 6.07) is 0. The molecule has 276 valence electrons. The predicted octanol–water partition coefficient (Wildman–Crippen LogP) is 9.59. The van der Waals surface area contributed by atoms with Crippen molar-refractivity contribution in [3.05, 3.63) is 12.2 Å². The van der Waals surface area contributed by atoms with E-state index in [9.17, 15) is 119 Å². The Balaban J connectivity index is 0. The van der Waals surface area contributed by atoms with E-state index >= 15 is 0 Å². The van der Waals surface area contributed by atoms with E-state index in [-0.39, 0.29) is 5.97 Å². The molecule has 0 unspecified atom stereocenters. The second-order valence-corrected chi connectivity index (χ2v) is 8.24. The van der Waals surface area contributed by atoms with Crippen LogP contribution in [0.2, 0.25) is 0 Å². The summed E-state index contributed by atoms with van der Waals surface area (Å²) >= 11 is 0. The molecule has 0 spiro atoms. The molecule has 0 radical (unpaired) electrons. The molecule has 0 bridgehead atoms. The zero-order valence-electron chi connectivity index (χ0n) is 21.1. The highest BCUT2D eigenvalue weighted by Gasteiger charge is 2.99. The lowest BCUT2D eigenvalue weighted by Crippen LogP contribution is -2.78. The van der Waals surface area contributed by atoms with E-state index in [0.29, 0.717) is 12.2 Å². The van der Waals surface area contributed by atoms with Gasteiger partial charge in [0.25, 0.3) is 0 Å². The zero-order chi connectivity index (χ0) is 38.6. The van der Waals surface area contributed by atoms with Crippen LogP contribution in [-0.4, -0.2) is 84.2 Å². The van der Waals surface area contributed by atoms with Gasteiger partial charge in [0.05, 0.1) is 6.61 Å². The quantitative estimate of drug-likeness (QED) is 0.120. The number of rotatable bonds is 11. The maximum absolute atomic E-state index is 13.3. The minimum absolute atomic E-state index is 0.312. The highest BCUT2D eigenvalue weighted by molar-refractivity contribution is 5.86. The summed E-state index contributed by atoms with van der Waals surface area (Å²) in [4.78, 5) is 10.4. The van der Waals surface area contributed by atoms with Crippen LogP contribution in [0.15, 0.2) is 12.2 Å². The molecule has 0 aliphatic heterocycles. The Morgan fingerprint density at radius 2 is 0.565 bits per heavy atom. The predicted molar refractivity (Wildman–Crippen MR) is 93.0 cm³/mol. The van der Waals surface area contributed by atoms with Crippen LogP contribution < -0.4 is 0 Å². The van der Waals surface area contributed by atoms with E-state index < -0.39 is 71.6 Å². The summed E-state index contributed by atoms with van der Waals surface area (Å²) < 4.78 is 337. The molecule has 0 aliphatic rings. The Kier molecular flexibility index (Phi) is 12.0. The third kappa shape index (κ3) is 6.32. The van der Waals surface area contributed by atoms with Gasteiger partial charge in [-0.2, -0.15) is 114 Å². The largest absolute Gasteiger partial charge is 0.463 e. The topological polar surface area (TPSA) is 26.3 Å². The van der Waals surface area contributed by atoms with Crippen molar-refractivity contribution in [3.8, 4) is 0 Å². The Labute approximate surface area is 235 Å². The SMILES string of the molecule is C=C(C)C(=O)OCC.FC(F)(F)C(F)(F)C(F)(F)C(F)(F)C(F)(F)C(F)(F)C(F)(F)C(F)(F)C(F)(F)C(F)(F)C(F)(F)C(F)(F)F. The standard InChI is InChI=1S/C12F26.C6H10O2/c13-1(14,3(17,18)5(21,22)7(25,26)9(29,30)11(33,34)35)2(15,16)4(19,20)6(23,24)8(27,28)10(31,32)12(36,37)38;1-4-8-6(7)5(2)3/h;2,4H2,1,3H3. The van der Waals surface area contributed by atoms with Crippen molar-refractivity contribution < 1.29 is 124 Å². The minimum atomic E-state index is -9.65. The fourth-order valence-electron chi connectivity index (χ4n) is 2.19. The lowest BCUT2D eigenvalue weighted by atomic mass is 9.85. The van der Waals surface area contributed by atoms with Gasteiger partial charge in [-0.3, -0.25) is 0 Å². The van der Waals surface area contributed by atoms with Gasteiger partial charge in [0.15, 0.2) is 0 Å². The number of carbonyl (C=O) groups is 1. The van der Waals surface area contributed by atoms with Crippen LogP contribution in [-0.2, 0) is 9.53 Å². The molecule has 0 rings (SSSR count). The van der Waals surface area contributed by atoms with E-state index in [0.717, 1.165) is 0 Å². The Bertz CT molecular complexity index is 1020. The van der Waals surface area contributed by atoms with Gasteiger partial charge in [0.2, 0.25) is 0 Å². The second kappa shape index (κ2) is 12.1. The van der Waals surface area contributed by atoms with Gasteiger partial charge >= 0.3 is 77.5 Å².